The summed E-state index contributed by atoms with van der Waals surface area (Å²) in [6.07, 6.45) is 0.620. The van der Waals surface area contributed by atoms with Crippen LogP contribution in [0.4, 0.5) is 4.39 Å². The van der Waals surface area contributed by atoms with E-state index in [9.17, 15) is 9.18 Å². The van der Waals surface area contributed by atoms with Gasteiger partial charge in [-0.2, -0.15) is 0 Å². The van der Waals surface area contributed by atoms with Crippen LogP contribution >= 0.6 is 23.4 Å². The molecule has 2 aromatic rings. The van der Waals surface area contributed by atoms with Gasteiger partial charge in [0, 0.05) is 27.7 Å². The summed E-state index contributed by atoms with van der Waals surface area (Å²) in [6, 6.07) is 10.9. The quantitative estimate of drug-likeness (QED) is 0.597. The smallest absolute Gasteiger partial charge is 0.313 e. The van der Waals surface area contributed by atoms with Crippen LogP contribution in [0.3, 0.4) is 0 Å². The monoisotopic (exact) mass is 335 g/mol. The highest BCUT2D eigenvalue weighted by molar-refractivity contribution is 7.99. The lowest BCUT2D eigenvalue weighted by atomic mass is 10.1. The second-order valence-corrected chi connectivity index (χ2v) is 6.24. The minimum atomic E-state index is -0.569. The van der Waals surface area contributed by atoms with Gasteiger partial charge in [-0.3, -0.25) is 0 Å². The number of nitrogens with zero attached hydrogens (tertiary/aromatic N) is 1. The van der Waals surface area contributed by atoms with Crippen LogP contribution in [0, 0.1) is 5.82 Å². The van der Waals surface area contributed by atoms with Crippen molar-refractivity contribution in [1.29, 1.82) is 0 Å². The van der Waals surface area contributed by atoms with Crippen LogP contribution in [0.25, 0.3) is 0 Å². The number of hydrogen-bond donors (Lipinski definition) is 0. The maximum absolute atomic E-state index is 13.4. The summed E-state index contributed by atoms with van der Waals surface area (Å²) < 4.78 is 13.4. The number of halogens is 2. The van der Waals surface area contributed by atoms with Gasteiger partial charge in [0.15, 0.2) is 0 Å². The molecule has 0 unspecified atom stereocenters. The molecule has 0 fully saturated rings. The fourth-order valence-corrected chi connectivity index (χ4v) is 3.21. The molecule has 1 aliphatic rings. The molecular weight excluding hydrogens is 325 g/mol. The first-order chi connectivity index (χ1) is 10.6. The van der Waals surface area contributed by atoms with Crippen LogP contribution in [0.1, 0.15) is 22.3 Å². The average Bonchev–Trinajstić information content (AvgIpc) is 2.53. The van der Waals surface area contributed by atoms with Gasteiger partial charge in [-0.05, 0) is 42.5 Å². The Hall–Kier alpha value is -1.85. The molecule has 0 saturated heterocycles. The number of oxime groups is 1. The topological polar surface area (TPSA) is 38.7 Å². The van der Waals surface area contributed by atoms with Gasteiger partial charge in [0.05, 0.1) is 11.3 Å². The zero-order valence-corrected chi connectivity index (χ0v) is 13.0. The summed E-state index contributed by atoms with van der Waals surface area (Å²) in [5, 5.41) is 4.46. The molecule has 1 aliphatic heterocycles. The van der Waals surface area contributed by atoms with Crippen LogP contribution in [0.5, 0.6) is 0 Å². The molecule has 22 heavy (non-hydrogen) atoms. The van der Waals surface area contributed by atoms with Crippen LogP contribution in [-0.4, -0.2) is 17.4 Å². The fourth-order valence-electron chi connectivity index (χ4n) is 2.08. The number of carbonyl (C=O) groups is 1. The molecule has 0 aromatic heterocycles. The van der Waals surface area contributed by atoms with E-state index in [4.69, 9.17) is 16.4 Å². The predicted molar refractivity (Wildman–Crippen MR) is 85.1 cm³/mol. The van der Waals surface area contributed by atoms with Gasteiger partial charge in [0.1, 0.15) is 5.82 Å². The Kier molecular flexibility index (Phi) is 4.45. The maximum atomic E-state index is 13.4. The Morgan fingerprint density at radius 3 is 2.77 bits per heavy atom. The second kappa shape index (κ2) is 6.50. The van der Waals surface area contributed by atoms with Crippen molar-refractivity contribution in [3.05, 3.63) is 64.4 Å². The highest BCUT2D eigenvalue weighted by Gasteiger charge is 2.18. The largest absolute Gasteiger partial charge is 0.365 e. The van der Waals surface area contributed by atoms with Crippen molar-refractivity contribution in [3.8, 4) is 0 Å². The molecule has 3 rings (SSSR count). The van der Waals surface area contributed by atoms with Crippen LogP contribution in [-0.2, 0) is 4.84 Å². The average molecular weight is 336 g/mol. The van der Waals surface area contributed by atoms with E-state index in [1.54, 1.807) is 42.1 Å². The third-order valence-corrected chi connectivity index (χ3v) is 4.49. The molecule has 2 aromatic carbocycles. The standard InChI is InChI=1S/C16H11ClFNO2S/c17-11-3-1-10(2-4-11)16(20)21-19-14-7-8-22-15-6-5-12(18)9-13(14)15/h1-6,9H,7-8H2. The van der Waals surface area contributed by atoms with E-state index in [1.807, 2.05) is 0 Å². The van der Waals surface area contributed by atoms with Crippen LogP contribution in [0.2, 0.25) is 5.02 Å². The van der Waals surface area contributed by atoms with E-state index in [-0.39, 0.29) is 5.82 Å². The zero-order valence-electron chi connectivity index (χ0n) is 11.4. The van der Waals surface area contributed by atoms with Crippen molar-refractivity contribution in [2.75, 3.05) is 5.75 Å². The normalized spacial score (nSPS) is 15.5. The van der Waals surface area contributed by atoms with Crippen molar-refractivity contribution >= 4 is 35.0 Å². The molecule has 0 saturated carbocycles. The predicted octanol–water partition coefficient (Wildman–Crippen LogP) is 4.54. The van der Waals surface area contributed by atoms with Gasteiger partial charge in [0.25, 0.3) is 0 Å². The summed E-state index contributed by atoms with van der Waals surface area (Å²) in [7, 11) is 0. The van der Waals surface area contributed by atoms with E-state index in [0.717, 1.165) is 10.6 Å². The first kappa shape index (κ1) is 15.1. The Labute approximate surface area is 136 Å². The van der Waals surface area contributed by atoms with Gasteiger partial charge in [-0.25, -0.2) is 9.18 Å². The Balaban J connectivity index is 1.80. The molecular formula is C16H11ClFNO2S. The molecule has 0 N–H and O–H groups in total. The fraction of sp³-hybridized carbons (Fsp3) is 0.125. The molecule has 0 aliphatic carbocycles. The van der Waals surface area contributed by atoms with Gasteiger partial charge in [-0.1, -0.05) is 16.8 Å². The van der Waals surface area contributed by atoms with Gasteiger partial charge in [0.2, 0.25) is 0 Å². The number of thioether (sulfide) groups is 1. The van der Waals surface area contributed by atoms with Crippen molar-refractivity contribution < 1.29 is 14.0 Å². The number of benzene rings is 2. The van der Waals surface area contributed by atoms with Gasteiger partial charge >= 0.3 is 5.97 Å². The zero-order chi connectivity index (χ0) is 15.5. The van der Waals surface area contributed by atoms with Crippen LogP contribution in [0.15, 0.2) is 52.5 Å². The number of hydrogen-bond acceptors (Lipinski definition) is 4. The van der Waals surface area contributed by atoms with Crippen LogP contribution < -0.4 is 0 Å². The molecule has 6 heteroatoms. The molecule has 3 nitrogen and oxygen atoms in total. The molecule has 0 spiro atoms. The minimum absolute atomic E-state index is 0.335. The molecule has 0 atom stereocenters. The highest BCUT2D eigenvalue weighted by Crippen LogP contribution is 2.30. The van der Waals surface area contributed by atoms with E-state index < -0.39 is 5.97 Å². The number of fused-ring (bicyclic) bond motifs is 1. The Morgan fingerprint density at radius 2 is 2.00 bits per heavy atom. The van der Waals surface area contributed by atoms with E-state index in [2.05, 4.69) is 5.16 Å². The molecule has 112 valence electrons. The van der Waals surface area contributed by atoms with Gasteiger partial charge < -0.3 is 4.84 Å². The molecule has 0 radical (unpaired) electrons. The molecule has 0 amide bonds. The van der Waals surface area contributed by atoms with E-state index in [1.165, 1.54) is 12.1 Å². The SMILES string of the molecule is O=C(ON=C1CCSc2ccc(F)cc21)c1ccc(Cl)cc1. The first-order valence-corrected chi connectivity index (χ1v) is 7.96. The summed E-state index contributed by atoms with van der Waals surface area (Å²) in [6.45, 7) is 0. The van der Waals surface area contributed by atoms with Crippen molar-refractivity contribution in [2.45, 2.75) is 11.3 Å². The van der Waals surface area contributed by atoms with Crippen molar-refractivity contribution in [3.63, 3.8) is 0 Å². The highest BCUT2D eigenvalue weighted by atomic mass is 35.5. The van der Waals surface area contributed by atoms with Crippen molar-refractivity contribution in [1.82, 2.24) is 0 Å². The lowest BCUT2D eigenvalue weighted by molar-refractivity contribution is 0.0516. The third-order valence-electron chi connectivity index (χ3n) is 3.17. The lowest BCUT2D eigenvalue weighted by Gasteiger charge is -2.16. The van der Waals surface area contributed by atoms with Gasteiger partial charge in [-0.15, -0.1) is 11.8 Å². The van der Waals surface area contributed by atoms with Crippen molar-refractivity contribution in [2.24, 2.45) is 5.16 Å². The summed E-state index contributed by atoms with van der Waals surface area (Å²) in [5.41, 5.74) is 1.62. The molecule has 1 heterocycles. The first-order valence-electron chi connectivity index (χ1n) is 6.60. The van der Waals surface area contributed by atoms with E-state index in [0.29, 0.717) is 28.3 Å². The lowest BCUT2D eigenvalue weighted by Crippen LogP contribution is -2.12. The Bertz CT molecular complexity index is 746. The maximum Gasteiger partial charge on any atom is 0.365 e. The molecule has 0 bridgehead atoms. The van der Waals surface area contributed by atoms with E-state index >= 15 is 0 Å². The summed E-state index contributed by atoms with van der Waals surface area (Å²) in [4.78, 5) is 17.8. The minimum Gasteiger partial charge on any atom is -0.313 e. The third kappa shape index (κ3) is 3.31. The summed E-state index contributed by atoms with van der Waals surface area (Å²) in [5.74, 6) is -0.0889. The number of rotatable bonds is 2. The summed E-state index contributed by atoms with van der Waals surface area (Å²) >= 11 is 7.40. The number of carbonyl (C=O) groups excluding carboxylic acids is 1. The Morgan fingerprint density at radius 1 is 1.23 bits per heavy atom. The second-order valence-electron chi connectivity index (χ2n) is 4.66.